The van der Waals surface area contributed by atoms with Gasteiger partial charge in [-0.2, -0.15) is 5.26 Å². The molecule has 1 heterocycles. The van der Waals surface area contributed by atoms with Crippen LogP contribution in [0.15, 0.2) is 29.2 Å². The van der Waals surface area contributed by atoms with Gasteiger partial charge in [-0.1, -0.05) is 0 Å². The lowest BCUT2D eigenvalue weighted by Gasteiger charge is -2.32. The number of carbonyl (C=O) groups is 1. The number of hydrogen-bond acceptors (Lipinski definition) is 5. The zero-order chi connectivity index (χ0) is 15.5. The van der Waals surface area contributed by atoms with E-state index in [0.717, 1.165) is 0 Å². The molecule has 1 fully saturated rings. The Morgan fingerprint density at radius 3 is 2.67 bits per heavy atom. The van der Waals surface area contributed by atoms with Gasteiger partial charge in [-0.15, -0.1) is 0 Å². The molecule has 0 spiro atoms. The molecule has 0 aliphatic carbocycles. The SMILES string of the molecule is CC1C(=O)NCCN1CCS(=O)(=O)c1ccc(C#N)cc1. The first-order valence-corrected chi connectivity index (χ1v) is 8.34. The van der Waals surface area contributed by atoms with Crippen LogP contribution in [0.1, 0.15) is 12.5 Å². The third-order valence-corrected chi connectivity index (χ3v) is 5.33. The third kappa shape index (κ3) is 3.60. The fourth-order valence-electron chi connectivity index (χ4n) is 2.23. The molecule has 1 aliphatic rings. The topological polar surface area (TPSA) is 90.3 Å². The molecule has 1 aliphatic heterocycles. The Balaban J connectivity index is 2.04. The number of carbonyl (C=O) groups excluding carboxylic acids is 1. The average Bonchev–Trinajstić information content (AvgIpc) is 2.49. The summed E-state index contributed by atoms with van der Waals surface area (Å²) in [6, 6.07) is 7.51. The minimum Gasteiger partial charge on any atom is -0.353 e. The Hall–Kier alpha value is -1.91. The van der Waals surface area contributed by atoms with Crippen molar-refractivity contribution < 1.29 is 13.2 Å². The standard InChI is InChI=1S/C14H17N3O3S/c1-11-14(18)16-6-7-17(11)8-9-21(19,20)13-4-2-12(10-15)3-5-13/h2-5,11H,6-9H2,1H3,(H,16,18). The zero-order valence-corrected chi connectivity index (χ0v) is 12.6. The zero-order valence-electron chi connectivity index (χ0n) is 11.7. The fraction of sp³-hybridized carbons (Fsp3) is 0.429. The Bertz CT molecular complexity index is 662. The minimum absolute atomic E-state index is 0.0451. The summed E-state index contributed by atoms with van der Waals surface area (Å²) in [5.74, 6) is -0.117. The van der Waals surface area contributed by atoms with Crippen LogP contribution in [0, 0.1) is 11.3 Å². The summed E-state index contributed by atoms with van der Waals surface area (Å²) in [6.45, 7) is 3.27. The normalized spacial score (nSPS) is 19.8. The van der Waals surface area contributed by atoms with Crippen LogP contribution in [0.3, 0.4) is 0 Å². The number of nitrogens with one attached hydrogen (secondary N) is 1. The van der Waals surface area contributed by atoms with E-state index in [4.69, 9.17) is 5.26 Å². The molecule has 1 atom stereocenters. The predicted octanol–water partition coefficient (Wildman–Crippen LogP) is 0.152. The first-order valence-electron chi connectivity index (χ1n) is 6.69. The van der Waals surface area contributed by atoms with E-state index >= 15 is 0 Å². The van der Waals surface area contributed by atoms with Crippen molar-refractivity contribution in [2.75, 3.05) is 25.4 Å². The summed E-state index contributed by atoms with van der Waals surface area (Å²) < 4.78 is 24.5. The van der Waals surface area contributed by atoms with Crippen LogP contribution in [0.5, 0.6) is 0 Å². The van der Waals surface area contributed by atoms with Gasteiger partial charge in [-0.05, 0) is 31.2 Å². The van der Waals surface area contributed by atoms with Gasteiger partial charge in [0, 0.05) is 19.6 Å². The average molecular weight is 307 g/mol. The van der Waals surface area contributed by atoms with Crippen molar-refractivity contribution in [3.05, 3.63) is 29.8 Å². The maximum atomic E-state index is 12.3. The Labute approximate surface area is 124 Å². The lowest BCUT2D eigenvalue weighted by Crippen LogP contribution is -2.54. The first kappa shape index (κ1) is 15.5. The lowest BCUT2D eigenvalue weighted by molar-refractivity contribution is -0.128. The molecule has 7 heteroatoms. The molecular formula is C14H17N3O3S. The molecule has 1 amide bonds. The number of benzene rings is 1. The van der Waals surface area contributed by atoms with Crippen molar-refractivity contribution >= 4 is 15.7 Å². The van der Waals surface area contributed by atoms with Crippen molar-refractivity contribution in [1.82, 2.24) is 10.2 Å². The molecule has 0 aromatic heterocycles. The van der Waals surface area contributed by atoms with Crippen LogP contribution < -0.4 is 5.32 Å². The quantitative estimate of drug-likeness (QED) is 0.855. The van der Waals surface area contributed by atoms with Gasteiger partial charge in [-0.25, -0.2) is 8.42 Å². The number of rotatable bonds is 4. The Morgan fingerprint density at radius 1 is 1.38 bits per heavy atom. The molecule has 0 saturated carbocycles. The van der Waals surface area contributed by atoms with Gasteiger partial charge in [0.2, 0.25) is 5.91 Å². The summed E-state index contributed by atoms with van der Waals surface area (Å²) in [4.78, 5) is 13.6. The van der Waals surface area contributed by atoms with E-state index in [1.165, 1.54) is 24.3 Å². The van der Waals surface area contributed by atoms with Gasteiger partial charge in [-0.3, -0.25) is 9.69 Å². The summed E-state index contributed by atoms with van der Waals surface area (Å²) >= 11 is 0. The molecule has 1 aromatic rings. The van der Waals surface area contributed by atoms with Crippen molar-refractivity contribution in [3.8, 4) is 6.07 Å². The molecule has 1 N–H and O–H groups in total. The second kappa shape index (κ2) is 6.24. The highest BCUT2D eigenvalue weighted by Gasteiger charge is 2.26. The molecule has 1 unspecified atom stereocenters. The van der Waals surface area contributed by atoms with Crippen LogP contribution in [0.2, 0.25) is 0 Å². The fourth-order valence-corrected chi connectivity index (χ4v) is 3.49. The van der Waals surface area contributed by atoms with E-state index < -0.39 is 9.84 Å². The molecule has 0 bridgehead atoms. The molecule has 0 radical (unpaired) electrons. The second-order valence-corrected chi connectivity index (χ2v) is 7.07. The molecule has 1 aromatic carbocycles. The van der Waals surface area contributed by atoms with Gasteiger partial charge < -0.3 is 5.32 Å². The van der Waals surface area contributed by atoms with E-state index in [1.807, 2.05) is 11.0 Å². The van der Waals surface area contributed by atoms with E-state index in [2.05, 4.69) is 5.32 Å². The number of hydrogen-bond donors (Lipinski definition) is 1. The predicted molar refractivity (Wildman–Crippen MR) is 77.3 cm³/mol. The van der Waals surface area contributed by atoms with Crippen molar-refractivity contribution in [3.63, 3.8) is 0 Å². The largest absolute Gasteiger partial charge is 0.353 e. The van der Waals surface area contributed by atoms with Gasteiger partial charge in [0.15, 0.2) is 9.84 Å². The van der Waals surface area contributed by atoms with Gasteiger partial charge in [0.05, 0.1) is 28.3 Å². The van der Waals surface area contributed by atoms with E-state index in [9.17, 15) is 13.2 Å². The smallest absolute Gasteiger partial charge is 0.237 e. The Morgan fingerprint density at radius 2 is 2.05 bits per heavy atom. The van der Waals surface area contributed by atoms with Gasteiger partial charge >= 0.3 is 0 Å². The number of nitriles is 1. The monoisotopic (exact) mass is 307 g/mol. The summed E-state index contributed by atoms with van der Waals surface area (Å²) in [6.07, 6.45) is 0. The number of piperazine rings is 1. The maximum absolute atomic E-state index is 12.3. The van der Waals surface area contributed by atoms with Crippen LogP contribution in [0.4, 0.5) is 0 Å². The molecule has 112 valence electrons. The van der Waals surface area contributed by atoms with E-state index in [-0.39, 0.29) is 22.6 Å². The number of nitrogens with zero attached hydrogens (tertiary/aromatic N) is 2. The second-order valence-electron chi connectivity index (χ2n) is 4.96. The number of sulfone groups is 1. The van der Waals surface area contributed by atoms with E-state index in [1.54, 1.807) is 6.92 Å². The molecule has 6 nitrogen and oxygen atoms in total. The van der Waals surface area contributed by atoms with Crippen molar-refractivity contribution in [2.45, 2.75) is 17.9 Å². The maximum Gasteiger partial charge on any atom is 0.237 e. The summed E-state index contributed by atoms with van der Waals surface area (Å²) in [5, 5.41) is 11.5. The van der Waals surface area contributed by atoms with Crippen molar-refractivity contribution in [2.24, 2.45) is 0 Å². The van der Waals surface area contributed by atoms with Crippen LogP contribution >= 0.6 is 0 Å². The lowest BCUT2D eigenvalue weighted by atomic mass is 10.2. The molecule has 21 heavy (non-hydrogen) atoms. The molecular weight excluding hydrogens is 290 g/mol. The third-order valence-electron chi connectivity index (χ3n) is 3.62. The Kier molecular flexibility index (Phi) is 4.60. The van der Waals surface area contributed by atoms with Crippen molar-refractivity contribution in [1.29, 1.82) is 5.26 Å². The summed E-state index contributed by atoms with van der Waals surface area (Å²) in [7, 11) is -3.41. The highest BCUT2D eigenvalue weighted by Crippen LogP contribution is 2.13. The first-order chi connectivity index (χ1) is 9.94. The van der Waals surface area contributed by atoms with Crippen LogP contribution in [-0.4, -0.2) is 50.7 Å². The van der Waals surface area contributed by atoms with Crippen LogP contribution in [-0.2, 0) is 14.6 Å². The molecule has 1 saturated heterocycles. The van der Waals surface area contributed by atoms with Gasteiger partial charge in [0.1, 0.15) is 0 Å². The van der Waals surface area contributed by atoms with E-state index in [0.29, 0.717) is 25.2 Å². The number of amides is 1. The summed E-state index contributed by atoms with van der Waals surface area (Å²) in [5.41, 5.74) is 0.426. The molecule has 2 rings (SSSR count). The minimum atomic E-state index is -3.41. The highest BCUT2D eigenvalue weighted by atomic mass is 32.2. The highest BCUT2D eigenvalue weighted by molar-refractivity contribution is 7.91. The van der Waals surface area contributed by atoms with Crippen LogP contribution in [0.25, 0.3) is 0 Å². The van der Waals surface area contributed by atoms with Gasteiger partial charge in [0.25, 0.3) is 0 Å².